The number of carbonyl (C=O) groups excluding carboxylic acids is 1. The van der Waals surface area contributed by atoms with Crippen LogP contribution in [0, 0.1) is 6.07 Å². The van der Waals surface area contributed by atoms with Crippen molar-refractivity contribution in [2.75, 3.05) is 13.1 Å². The first-order valence-corrected chi connectivity index (χ1v) is 4.55. The highest BCUT2D eigenvalue weighted by molar-refractivity contribution is 5.93. The molecule has 0 aliphatic heterocycles. The molecule has 1 amide bonds. The molecule has 0 saturated carbocycles. The summed E-state index contributed by atoms with van der Waals surface area (Å²) in [5.74, 6) is 0.0607. The molecule has 0 spiro atoms. The van der Waals surface area contributed by atoms with Gasteiger partial charge in [0.05, 0.1) is 0 Å². The quantitative estimate of drug-likeness (QED) is 0.689. The molecular formula is C11H14NO. The summed E-state index contributed by atoms with van der Waals surface area (Å²) in [7, 11) is 0. The molecule has 0 N–H and O–H groups in total. The molecule has 0 atom stereocenters. The third kappa shape index (κ3) is 2.31. The van der Waals surface area contributed by atoms with Gasteiger partial charge in [0.25, 0.3) is 5.91 Å². The van der Waals surface area contributed by atoms with E-state index in [1.54, 1.807) is 17.0 Å². The molecule has 2 heteroatoms. The fourth-order valence-corrected chi connectivity index (χ4v) is 1.21. The molecule has 0 saturated heterocycles. The Labute approximate surface area is 79.2 Å². The molecule has 0 aliphatic carbocycles. The van der Waals surface area contributed by atoms with Crippen LogP contribution in [-0.2, 0) is 0 Å². The number of nitrogens with zero attached hydrogens (tertiary/aromatic N) is 1. The predicted octanol–water partition coefficient (Wildman–Crippen LogP) is 1.97. The molecule has 2 nitrogen and oxygen atoms in total. The lowest BCUT2D eigenvalue weighted by Gasteiger charge is -2.18. The summed E-state index contributed by atoms with van der Waals surface area (Å²) in [4.78, 5) is 13.5. The van der Waals surface area contributed by atoms with Gasteiger partial charge in [-0.3, -0.25) is 4.79 Å². The zero-order valence-corrected chi connectivity index (χ0v) is 8.08. The zero-order valence-electron chi connectivity index (χ0n) is 8.08. The van der Waals surface area contributed by atoms with Crippen LogP contribution in [0.15, 0.2) is 24.3 Å². The molecule has 0 bridgehead atoms. The smallest absolute Gasteiger partial charge is 0.254 e. The summed E-state index contributed by atoms with van der Waals surface area (Å²) in [6.45, 7) is 5.45. The lowest BCUT2D eigenvalue weighted by molar-refractivity contribution is 0.0772. The van der Waals surface area contributed by atoms with Gasteiger partial charge in [-0.05, 0) is 26.0 Å². The van der Waals surface area contributed by atoms with E-state index in [1.165, 1.54) is 0 Å². The van der Waals surface area contributed by atoms with Crippen molar-refractivity contribution in [1.29, 1.82) is 0 Å². The second-order valence-electron chi connectivity index (χ2n) is 2.75. The first kappa shape index (κ1) is 9.78. The highest BCUT2D eigenvalue weighted by Gasteiger charge is 2.10. The molecule has 0 fully saturated rings. The number of hydrogen-bond donors (Lipinski definition) is 0. The van der Waals surface area contributed by atoms with Gasteiger partial charge in [0.1, 0.15) is 0 Å². The van der Waals surface area contributed by atoms with Gasteiger partial charge in [-0.1, -0.05) is 18.2 Å². The maximum absolute atomic E-state index is 11.7. The average molecular weight is 176 g/mol. The van der Waals surface area contributed by atoms with Crippen LogP contribution in [0.4, 0.5) is 0 Å². The third-order valence-electron chi connectivity index (χ3n) is 1.99. The third-order valence-corrected chi connectivity index (χ3v) is 1.99. The van der Waals surface area contributed by atoms with Crippen molar-refractivity contribution in [3.8, 4) is 0 Å². The molecule has 0 heterocycles. The second kappa shape index (κ2) is 4.65. The van der Waals surface area contributed by atoms with Gasteiger partial charge in [0.15, 0.2) is 0 Å². The molecular weight excluding hydrogens is 162 g/mol. The number of benzene rings is 1. The highest BCUT2D eigenvalue weighted by atomic mass is 16.2. The molecule has 69 valence electrons. The van der Waals surface area contributed by atoms with E-state index in [-0.39, 0.29) is 5.91 Å². The van der Waals surface area contributed by atoms with Crippen LogP contribution >= 0.6 is 0 Å². The fourth-order valence-electron chi connectivity index (χ4n) is 1.21. The van der Waals surface area contributed by atoms with Gasteiger partial charge in [0, 0.05) is 18.7 Å². The largest absolute Gasteiger partial charge is 0.339 e. The maximum atomic E-state index is 11.7. The van der Waals surface area contributed by atoms with Gasteiger partial charge < -0.3 is 4.90 Å². The van der Waals surface area contributed by atoms with Crippen molar-refractivity contribution in [1.82, 2.24) is 4.90 Å². The van der Waals surface area contributed by atoms with E-state index in [0.29, 0.717) is 5.56 Å². The van der Waals surface area contributed by atoms with Crippen molar-refractivity contribution in [3.05, 3.63) is 35.9 Å². The summed E-state index contributed by atoms with van der Waals surface area (Å²) in [6, 6.07) is 10.2. The van der Waals surface area contributed by atoms with Gasteiger partial charge in [-0.25, -0.2) is 0 Å². The molecule has 1 radical (unpaired) electrons. The summed E-state index contributed by atoms with van der Waals surface area (Å²) in [6.07, 6.45) is 0. The Bertz CT molecular complexity index is 265. The molecule has 0 aliphatic rings. The highest BCUT2D eigenvalue weighted by Crippen LogP contribution is 2.02. The minimum atomic E-state index is 0.0607. The van der Waals surface area contributed by atoms with Gasteiger partial charge in [-0.2, -0.15) is 0 Å². The molecule has 1 aromatic carbocycles. The van der Waals surface area contributed by atoms with E-state index in [4.69, 9.17) is 0 Å². The van der Waals surface area contributed by atoms with Crippen molar-refractivity contribution >= 4 is 5.91 Å². The van der Waals surface area contributed by atoms with Gasteiger partial charge in [0.2, 0.25) is 0 Å². The Hall–Kier alpha value is -1.31. The van der Waals surface area contributed by atoms with Crippen molar-refractivity contribution < 1.29 is 4.79 Å². The Morgan fingerprint density at radius 1 is 1.38 bits per heavy atom. The Morgan fingerprint density at radius 2 is 2.08 bits per heavy atom. The van der Waals surface area contributed by atoms with Crippen molar-refractivity contribution in [2.24, 2.45) is 0 Å². The summed E-state index contributed by atoms with van der Waals surface area (Å²) >= 11 is 0. The lowest BCUT2D eigenvalue weighted by atomic mass is 10.2. The number of carbonyl (C=O) groups is 1. The Balaban J connectivity index is 2.78. The molecule has 1 aromatic rings. The van der Waals surface area contributed by atoms with E-state index in [9.17, 15) is 4.79 Å². The van der Waals surface area contributed by atoms with E-state index in [2.05, 4.69) is 6.07 Å². The first-order chi connectivity index (χ1) is 6.29. The first-order valence-electron chi connectivity index (χ1n) is 4.55. The predicted molar refractivity (Wildman–Crippen MR) is 52.5 cm³/mol. The van der Waals surface area contributed by atoms with Crippen LogP contribution in [-0.4, -0.2) is 23.9 Å². The Morgan fingerprint density at radius 3 is 2.54 bits per heavy atom. The van der Waals surface area contributed by atoms with Crippen molar-refractivity contribution in [3.63, 3.8) is 0 Å². The number of rotatable bonds is 3. The second-order valence-corrected chi connectivity index (χ2v) is 2.75. The molecule has 0 unspecified atom stereocenters. The average Bonchev–Trinajstić information content (AvgIpc) is 2.21. The number of amides is 1. The van der Waals surface area contributed by atoms with Crippen LogP contribution in [0.25, 0.3) is 0 Å². The Kier molecular flexibility index (Phi) is 3.50. The topological polar surface area (TPSA) is 20.3 Å². The minimum absolute atomic E-state index is 0.0607. The SMILES string of the molecule is CCN(CC)C(=O)c1[c]cccc1. The molecule has 13 heavy (non-hydrogen) atoms. The normalized spacial score (nSPS) is 9.69. The monoisotopic (exact) mass is 176 g/mol. The summed E-state index contributed by atoms with van der Waals surface area (Å²) < 4.78 is 0. The van der Waals surface area contributed by atoms with Gasteiger partial charge >= 0.3 is 0 Å². The van der Waals surface area contributed by atoms with E-state index in [0.717, 1.165) is 13.1 Å². The van der Waals surface area contributed by atoms with E-state index >= 15 is 0 Å². The minimum Gasteiger partial charge on any atom is -0.339 e. The van der Waals surface area contributed by atoms with Crippen LogP contribution in [0.2, 0.25) is 0 Å². The molecule has 1 rings (SSSR count). The van der Waals surface area contributed by atoms with Crippen LogP contribution in [0.3, 0.4) is 0 Å². The standard InChI is InChI=1S/C11H14NO/c1-3-12(4-2)11(13)10-8-6-5-7-9-10/h5-8H,3-4H2,1-2H3. The van der Waals surface area contributed by atoms with Crippen molar-refractivity contribution in [2.45, 2.75) is 13.8 Å². The van der Waals surface area contributed by atoms with Gasteiger partial charge in [-0.15, -0.1) is 0 Å². The lowest BCUT2D eigenvalue weighted by Crippen LogP contribution is -2.30. The van der Waals surface area contributed by atoms with Crippen LogP contribution < -0.4 is 0 Å². The van der Waals surface area contributed by atoms with E-state index < -0.39 is 0 Å². The maximum Gasteiger partial charge on any atom is 0.254 e. The zero-order chi connectivity index (χ0) is 9.68. The number of hydrogen-bond acceptors (Lipinski definition) is 1. The summed E-state index contributed by atoms with van der Waals surface area (Å²) in [5, 5.41) is 0. The van der Waals surface area contributed by atoms with E-state index in [1.807, 2.05) is 26.0 Å². The van der Waals surface area contributed by atoms with Crippen LogP contribution in [0.5, 0.6) is 0 Å². The summed E-state index contributed by atoms with van der Waals surface area (Å²) in [5.41, 5.74) is 0.645. The fraction of sp³-hybridized carbons (Fsp3) is 0.364. The van der Waals surface area contributed by atoms with Crippen LogP contribution in [0.1, 0.15) is 24.2 Å². The molecule has 0 aromatic heterocycles.